The Balaban J connectivity index is 2.70. The predicted octanol–water partition coefficient (Wildman–Crippen LogP) is 4.49. The molecule has 188 valence electrons. The highest BCUT2D eigenvalue weighted by atomic mass is 35.5. The van der Waals surface area contributed by atoms with Crippen LogP contribution < -0.4 is 5.32 Å². The summed E-state index contributed by atoms with van der Waals surface area (Å²) in [6.07, 6.45) is 0.623. The molecule has 0 radical (unpaired) electrons. The summed E-state index contributed by atoms with van der Waals surface area (Å²) in [6.45, 7) is 12.6. The number of ether oxygens (including phenoxy) is 2. The second-order valence-electron chi connectivity index (χ2n) is 10.3. The van der Waals surface area contributed by atoms with E-state index in [-0.39, 0.29) is 5.88 Å². The normalized spacial score (nSPS) is 14.0. The minimum atomic E-state index is -0.796. The van der Waals surface area contributed by atoms with Crippen molar-refractivity contribution in [3.05, 3.63) is 35.9 Å². The van der Waals surface area contributed by atoms with Gasteiger partial charge in [-0.05, 0) is 72.9 Å². The molecule has 1 amide bonds. The average Bonchev–Trinajstić information content (AvgIpc) is 2.68. The minimum absolute atomic E-state index is 0.172. The predicted molar refractivity (Wildman–Crippen MR) is 131 cm³/mol. The topological polar surface area (TPSA) is 88.1 Å². The summed E-state index contributed by atoms with van der Waals surface area (Å²) in [7, 11) is 0. The van der Waals surface area contributed by atoms with E-state index in [1.165, 1.54) is 0 Å². The van der Waals surface area contributed by atoms with Gasteiger partial charge in [-0.25, -0.2) is 9.59 Å². The summed E-state index contributed by atoms with van der Waals surface area (Å²) < 4.78 is 10.8. The zero-order valence-corrected chi connectivity index (χ0v) is 21.7. The van der Waals surface area contributed by atoms with E-state index in [2.05, 4.69) is 10.2 Å². The third kappa shape index (κ3) is 14.1. The molecule has 0 aromatic heterocycles. The number of alkyl carbamates (subject to hydrolysis) is 1. The number of halogens is 1. The summed E-state index contributed by atoms with van der Waals surface area (Å²) in [5.74, 6) is -0.307. The molecule has 0 fully saturated rings. The van der Waals surface area contributed by atoms with E-state index >= 15 is 0 Å². The number of nitrogens with one attached hydrogen (secondary N) is 1. The van der Waals surface area contributed by atoms with Crippen molar-refractivity contribution in [1.29, 1.82) is 0 Å². The first kappa shape index (κ1) is 29.2. The number of nitrogens with zero attached hydrogens (tertiary/aromatic N) is 1. The van der Waals surface area contributed by atoms with Gasteiger partial charge in [-0.15, -0.1) is 11.6 Å². The Kier molecular flexibility index (Phi) is 12.2. The smallest absolute Gasteiger partial charge is 0.408 e. The molecular weight excluding hydrogens is 444 g/mol. The van der Waals surface area contributed by atoms with E-state index in [1.54, 1.807) is 41.5 Å². The molecule has 0 unspecified atom stereocenters. The van der Waals surface area contributed by atoms with Crippen LogP contribution in [-0.4, -0.2) is 64.4 Å². The Bertz CT molecular complexity index is 716. The summed E-state index contributed by atoms with van der Waals surface area (Å²) in [6, 6.07) is 9.23. The molecule has 0 aliphatic rings. The number of aliphatic hydroxyl groups excluding tert-OH is 1. The van der Waals surface area contributed by atoms with Crippen LogP contribution in [0.15, 0.2) is 30.3 Å². The average molecular weight is 485 g/mol. The second kappa shape index (κ2) is 13.8. The van der Waals surface area contributed by atoms with Gasteiger partial charge in [0.1, 0.15) is 17.2 Å². The molecule has 0 heterocycles. The summed E-state index contributed by atoms with van der Waals surface area (Å²) >= 11 is 5.80. The first-order chi connectivity index (χ1) is 15.3. The number of benzene rings is 1. The van der Waals surface area contributed by atoms with Gasteiger partial charge in [0, 0.05) is 19.0 Å². The van der Waals surface area contributed by atoms with Crippen molar-refractivity contribution in [1.82, 2.24) is 10.2 Å². The summed E-state index contributed by atoms with van der Waals surface area (Å²) in [4.78, 5) is 27.1. The van der Waals surface area contributed by atoms with Gasteiger partial charge < -0.3 is 19.9 Å². The molecule has 8 heteroatoms. The zero-order chi connectivity index (χ0) is 25.1. The minimum Gasteiger partial charge on any atom is -0.458 e. The van der Waals surface area contributed by atoms with E-state index in [0.717, 1.165) is 18.5 Å². The lowest BCUT2D eigenvalue weighted by Gasteiger charge is -2.27. The van der Waals surface area contributed by atoms with Crippen LogP contribution in [0.2, 0.25) is 0 Å². The van der Waals surface area contributed by atoms with Crippen LogP contribution in [0, 0.1) is 0 Å². The van der Waals surface area contributed by atoms with Crippen molar-refractivity contribution in [3.8, 4) is 0 Å². The number of hydrogen-bond donors (Lipinski definition) is 2. The molecule has 0 aliphatic carbocycles. The van der Waals surface area contributed by atoms with Gasteiger partial charge in [0.15, 0.2) is 0 Å². The number of alkyl halides is 1. The molecule has 0 spiro atoms. The van der Waals surface area contributed by atoms with Crippen LogP contribution in [0.1, 0.15) is 66.4 Å². The number of hydrogen-bond acceptors (Lipinski definition) is 6. The molecule has 0 saturated carbocycles. The molecule has 1 aromatic rings. The van der Waals surface area contributed by atoms with Crippen LogP contribution in [0.25, 0.3) is 0 Å². The van der Waals surface area contributed by atoms with Gasteiger partial charge >= 0.3 is 12.1 Å². The van der Waals surface area contributed by atoms with E-state index in [1.807, 2.05) is 30.3 Å². The third-order valence-corrected chi connectivity index (χ3v) is 4.85. The second-order valence-corrected chi connectivity index (χ2v) is 10.6. The molecule has 0 aliphatic heterocycles. The standard InChI is InChI=1S/C25H41ClN2O5/c1-24(2,3)32-22(30)21(27-23(31)33-25(4,5)6)14-10-11-15-28(18-20(29)16-26)17-19-12-8-7-9-13-19/h7-9,12-13,20-21,29H,10-11,14-18H2,1-6H3,(H,27,31)/t20-,21+/m1/s1. The lowest BCUT2D eigenvalue weighted by molar-refractivity contribution is -0.157. The number of aliphatic hydroxyl groups is 1. The molecule has 1 rings (SSSR count). The fourth-order valence-electron chi connectivity index (χ4n) is 3.18. The van der Waals surface area contributed by atoms with Crippen molar-refractivity contribution in [2.75, 3.05) is 19.0 Å². The number of unbranched alkanes of at least 4 members (excludes halogenated alkanes) is 1. The molecule has 0 saturated heterocycles. The number of rotatable bonds is 12. The van der Waals surface area contributed by atoms with Gasteiger partial charge in [-0.2, -0.15) is 0 Å². The SMILES string of the molecule is CC(C)(C)OC(=O)N[C@@H](CCCCN(Cc1ccccc1)C[C@H](O)CCl)C(=O)OC(C)(C)C. The monoisotopic (exact) mass is 484 g/mol. The van der Waals surface area contributed by atoms with E-state index in [4.69, 9.17) is 21.1 Å². The quantitative estimate of drug-likeness (QED) is 0.258. The molecule has 1 aromatic carbocycles. The van der Waals surface area contributed by atoms with Gasteiger partial charge in [-0.1, -0.05) is 30.3 Å². The van der Waals surface area contributed by atoms with Crippen molar-refractivity contribution < 1.29 is 24.2 Å². The maximum atomic E-state index is 12.7. The molecule has 33 heavy (non-hydrogen) atoms. The Morgan fingerprint density at radius 2 is 1.64 bits per heavy atom. The lowest BCUT2D eigenvalue weighted by Crippen LogP contribution is -2.46. The zero-order valence-electron chi connectivity index (χ0n) is 20.9. The lowest BCUT2D eigenvalue weighted by atomic mass is 10.1. The Morgan fingerprint density at radius 1 is 1.03 bits per heavy atom. The van der Waals surface area contributed by atoms with Gasteiger partial charge in [0.2, 0.25) is 0 Å². The Morgan fingerprint density at radius 3 is 2.18 bits per heavy atom. The first-order valence-electron chi connectivity index (χ1n) is 11.5. The first-order valence-corrected chi connectivity index (χ1v) is 12.0. The van der Waals surface area contributed by atoms with Crippen LogP contribution >= 0.6 is 11.6 Å². The van der Waals surface area contributed by atoms with Crippen molar-refractivity contribution in [3.63, 3.8) is 0 Å². The van der Waals surface area contributed by atoms with Crippen LogP contribution in [0.5, 0.6) is 0 Å². The van der Waals surface area contributed by atoms with E-state index < -0.39 is 35.4 Å². The molecule has 2 atom stereocenters. The fraction of sp³-hybridized carbons (Fsp3) is 0.680. The Hall–Kier alpha value is -1.83. The number of amides is 1. The maximum absolute atomic E-state index is 12.7. The van der Waals surface area contributed by atoms with Crippen LogP contribution in [0.4, 0.5) is 4.79 Å². The van der Waals surface area contributed by atoms with Gasteiger partial charge in [0.25, 0.3) is 0 Å². The third-order valence-electron chi connectivity index (χ3n) is 4.50. The largest absolute Gasteiger partial charge is 0.458 e. The van der Waals surface area contributed by atoms with Gasteiger partial charge in [0.05, 0.1) is 6.10 Å². The highest BCUT2D eigenvalue weighted by Crippen LogP contribution is 2.14. The number of carbonyl (C=O) groups excluding carboxylic acids is 2. The van der Waals surface area contributed by atoms with Crippen LogP contribution in [-0.2, 0) is 20.8 Å². The molecule has 7 nitrogen and oxygen atoms in total. The van der Waals surface area contributed by atoms with Gasteiger partial charge in [-0.3, -0.25) is 4.90 Å². The van der Waals surface area contributed by atoms with Crippen molar-refractivity contribution in [2.24, 2.45) is 0 Å². The molecule has 0 bridgehead atoms. The van der Waals surface area contributed by atoms with Crippen LogP contribution in [0.3, 0.4) is 0 Å². The highest BCUT2D eigenvalue weighted by molar-refractivity contribution is 6.18. The fourth-order valence-corrected chi connectivity index (χ4v) is 3.28. The number of carbonyl (C=O) groups is 2. The molecule has 2 N–H and O–H groups in total. The van der Waals surface area contributed by atoms with E-state index in [0.29, 0.717) is 25.9 Å². The highest BCUT2D eigenvalue weighted by Gasteiger charge is 2.28. The van der Waals surface area contributed by atoms with E-state index in [9.17, 15) is 14.7 Å². The van der Waals surface area contributed by atoms with Crippen molar-refractivity contribution in [2.45, 2.75) is 90.7 Å². The molecular formula is C25H41ClN2O5. The van der Waals surface area contributed by atoms with Crippen molar-refractivity contribution >= 4 is 23.7 Å². The summed E-state index contributed by atoms with van der Waals surface area (Å²) in [5.41, 5.74) is -0.170. The summed E-state index contributed by atoms with van der Waals surface area (Å²) in [5, 5.41) is 12.7. The number of esters is 1. The Labute approximate surface area is 203 Å². The maximum Gasteiger partial charge on any atom is 0.408 e.